The minimum Gasteiger partial charge on any atom is -0.457 e. The van der Waals surface area contributed by atoms with Gasteiger partial charge in [0.05, 0.1) is 17.6 Å². The molecule has 0 aliphatic carbocycles. The van der Waals surface area contributed by atoms with Gasteiger partial charge in [0.2, 0.25) is 0 Å². The second-order valence-corrected chi connectivity index (χ2v) is 7.82. The first-order valence-electron chi connectivity index (χ1n) is 8.33. The van der Waals surface area contributed by atoms with Gasteiger partial charge in [-0.15, -0.1) is 0 Å². The Balaban J connectivity index is 1.51. The number of halogens is 1. The Labute approximate surface area is 160 Å². The van der Waals surface area contributed by atoms with Crippen LogP contribution in [0.4, 0.5) is 4.39 Å². The highest BCUT2D eigenvalue weighted by atomic mass is 32.2. The molecule has 4 rings (SSSR count). The van der Waals surface area contributed by atoms with Crippen LogP contribution >= 0.6 is 24.0 Å². The molecule has 1 atom stereocenters. The van der Waals surface area contributed by atoms with Crippen molar-refractivity contribution < 1.29 is 18.3 Å². The van der Waals surface area contributed by atoms with E-state index in [0.717, 1.165) is 19.4 Å². The number of thioether (sulfide) groups is 1. The smallest absolute Gasteiger partial charge is 0.266 e. The highest BCUT2D eigenvalue weighted by Gasteiger charge is 2.34. The van der Waals surface area contributed by atoms with Gasteiger partial charge in [0.25, 0.3) is 5.91 Å². The molecule has 2 fully saturated rings. The number of thiocarbonyl (C=S) groups is 1. The summed E-state index contributed by atoms with van der Waals surface area (Å²) in [5, 5.41) is 0. The number of amides is 1. The van der Waals surface area contributed by atoms with Gasteiger partial charge in [-0.2, -0.15) is 0 Å². The highest BCUT2D eigenvalue weighted by Crippen LogP contribution is 2.34. The molecule has 1 aromatic heterocycles. The molecule has 4 nitrogen and oxygen atoms in total. The zero-order valence-electron chi connectivity index (χ0n) is 13.8. The molecule has 7 heteroatoms. The van der Waals surface area contributed by atoms with Gasteiger partial charge >= 0.3 is 0 Å². The molecule has 3 heterocycles. The Morgan fingerprint density at radius 2 is 2.23 bits per heavy atom. The average Bonchev–Trinajstić information content (AvgIpc) is 3.34. The van der Waals surface area contributed by atoms with Crippen molar-refractivity contribution in [3.8, 4) is 11.3 Å². The third-order valence-electron chi connectivity index (χ3n) is 4.29. The molecule has 0 spiro atoms. The van der Waals surface area contributed by atoms with Crippen molar-refractivity contribution in [2.24, 2.45) is 0 Å². The molecular formula is C19H16FNO3S2. The largest absolute Gasteiger partial charge is 0.457 e. The van der Waals surface area contributed by atoms with Crippen LogP contribution in [0, 0.1) is 5.82 Å². The standard InChI is InChI=1S/C19H16FNO3S2/c20-13-4-1-3-12(9-13)16-7-6-14(24-16)10-17-18(22)21(19(25)26-17)11-15-5-2-8-23-15/h1,3-4,6-7,9-10,15H,2,5,8,11H2/b17-10+/t15-/m0/s1. The zero-order valence-corrected chi connectivity index (χ0v) is 15.4. The fourth-order valence-corrected chi connectivity index (χ4v) is 4.26. The van der Waals surface area contributed by atoms with Crippen LogP contribution in [0.2, 0.25) is 0 Å². The monoisotopic (exact) mass is 389 g/mol. The molecule has 26 heavy (non-hydrogen) atoms. The predicted molar refractivity (Wildman–Crippen MR) is 103 cm³/mol. The van der Waals surface area contributed by atoms with Crippen molar-refractivity contribution in [3.63, 3.8) is 0 Å². The van der Waals surface area contributed by atoms with Crippen molar-refractivity contribution in [1.82, 2.24) is 4.90 Å². The van der Waals surface area contributed by atoms with E-state index in [-0.39, 0.29) is 17.8 Å². The van der Waals surface area contributed by atoms with Crippen molar-refractivity contribution in [1.29, 1.82) is 0 Å². The molecule has 0 radical (unpaired) electrons. The molecule has 2 saturated heterocycles. The number of hydrogen-bond donors (Lipinski definition) is 0. The van der Waals surface area contributed by atoms with Gasteiger partial charge in [0.15, 0.2) is 0 Å². The van der Waals surface area contributed by atoms with Crippen molar-refractivity contribution in [2.75, 3.05) is 13.2 Å². The molecule has 2 aliphatic rings. The highest BCUT2D eigenvalue weighted by molar-refractivity contribution is 8.26. The van der Waals surface area contributed by atoms with E-state index in [1.54, 1.807) is 35.2 Å². The van der Waals surface area contributed by atoms with Gasteiger partial charge < -0.3 is 9.15 Å². The van der Waals surface area contributed by atoms with Crippen molar-refractivity contribution >= 4 is 40.3 Å². The Bertz CT molecular complexity index is 886. The Morgan fingerprint density at radius 3 is 3.00 bits per heavy atom. The van der Waals surface area contributed by atoms with Gasteiger partial charge in [-0.1, -0.05) is 36.1 Å². The number of rotatable bonds is 4. The SMILES string of the molecule is O=C1/C(=C\c2ccc(-c3cccc(F)c3)o2)SC(=S)N1C[C@@H]1CCCO1. The topological polar surface area (TPSA) is 42.7 Å². The quantitative estimate of drug-likeness (QED) is 0.570. The normalized spacial score (nSPS) is 22.0. The van der Waals surface area contributed by atoms with Crippen LogP contribution < -0.4 is 0 Å². The molecule has 134 valence electrons. The number of carbonyl (C=O) groups is 1. The van der Waals surface area contributed by atoms with E-state index >= 15 is 0 Å². The first kappa shape index (κ1) is 17.5. The molecule has 0 N–H and O–H groups in total. The van der Waals surface area contributed by atoms with E-state index in [1.807, 2.05) is 0 Å². The maximum absolute atomic E-state index is 13.4. The van der Waals surface area contributed by atoms with E-state index in [9.17, 15) is 9.18 Å². The maximum Gasteiger partial charge on any atom is 0.266 e. The summed E-state index contributed by atoms with van der Waals surface area (Å²) in [5.41, 5.74) is 0.649. The number of carbonyl (C=O) groups excluding carboxylic acids is 1. The summed E-state index contributed by atoms with van der Waals surface area (Å²) in [4.78, 5) is 14.7. The zero-order chi connectivity index (χ0) is 18.1. The molecule has 0 unspecified atom stereocenters. The van der Waals surface area contributed by atoms with Gasteiger partial charge in [-0.3, -0.25) is 9.69 Å². The van der Waals surface area contributed by atoms with E-state index in [1.165, 1.54) is 23.9 Å². The van der Waals surface area contributed by atoms with Crippen LogP contribution in [0.15, 0.2) is 45.7 Å². The predicted octanol–water partition coefficient (Wildman–Crippen LogP) is 4.47. The van der Waals surface area contributed by atoms with E-state index in [0.29, 0.717) is 32.9 Å². The van der Waals surface area contributed by atoms with Crippen molar-refractivity contribution in [2.45, 2.75) is 18.9 Å². The number of furan rings is 1. The van der Waals surface area contributed by atoms with Crippen LogP contribution in [0.3, 0.4) is 0 Å². The summed E-state index contributed by atoms with van der Waals surface area (Å²) in [5.74, 6) is 0.627. The summed E-state index contributed by atoms with van der Waals surface area (Å²) < 4.78 is 25.2. The summed E-state index contributed by atoms with van der Waals surface area (Å²) in [6.07, 6.45) is 3.70. The average molecular weight is 389 g/mol. The van der Waals surface area contributed by atoms with E-state index in [2.05, 4.69) is 0 Å². The molecule has 2 aliphatic heterocycles. The second kappa shape index (κ2) is 7.34. The lowest BCUT2D eigenvalue weighted by molar-refractivity contribution is -0.123. The molecule has 0 saturated carbocycles. The summed E-state index contributed by atoms with van der Waals surface area (Å²) in [6.45, 7) is 1.24. The summed E-state index contributed by atoms with van der Waals surface area (Å²) in [6, 6.07) is 9.70. The molecule has 2 aromatic rings. The van der Waals surface area contributed by atoms with Gasteiger partial charge in [0.1, 0.15) is 21.7 Å². The van der Waals surface area contributed by atoms with Crippen LogP contribution in [0.25, 0.3) is 17.4 Å². The lowest BCUT2D eigenvalue weighted by Crippen LogP contribution is -2.35. The molecule has 1 amide bonds. The van der Waals surface area contributed by atoms with Crippen LogP contribution in [0.5, 0.6) is 0 Å². The lowest BCUT2D eigenvalue weighted by atomic mass is 10.2. The van der Waals surface area contributed by atoms with E-state index < -0.39 is 0 Å². The maximum atomic E-state index is 13.4. The lowest BCUT2D eigenvalue weighted by Gasteiger charge is -2.18. The molecular weight excluding hydrogens is 373 g/mol. The van der Waals surface area contributed by atoms with Crippen LogP contribution in [-0.2, 0) is 9.53 Å². The Morgan fingerprint density at radius 1 is 1.35 bits per heavy atom. The molecule has 1 aromatic carbocycles. The van der Waals surface area contributed by atoms with Crippen LogP contribution in [0.1, 0.15) is 18.6 Å². The first-order chi connectivity index (χ1) is 12.6. The number of hydrogen-bond acceptors (Lipinski definition) is 5. The third kappa shape index (κ3) is 3.60. The van der Waals surface area contributed by atoms with Gasteiger partial charge in [-0.25, -0.2) is 4.39 Å². The minimum absolute atomic E-state index is 0.0556. The van der Waals surface area contributed by atoms with Crippen molar-refractivity contribution in [3.05, 3.63) is 52.9 Å². The molecule has 0 bridgehead atoms. The second-order valence-electron chi connectivity index (χ2n) is 6.14. The summed E-state index contributed by atoms with van der Waals surface area (Å²) in [7, 11) is 0. The van der Waals surface area contributed by atoms with Gasteiger partial charge in [0, 0.05) is 18.2 Å². The number of nitrogens with zero attached hydrogens (tertiary/aromatic N) is 1. The first-order valence-corrected chi connectivity index (χ1v) is 9.55. The number of benzene rings is 1. The Hall–Kier alpha value is -1.96. The van der Waals surface area contributed by atoms with Crippen LogP contribution in [-0.4, -0.2) is 34.4 Å². The van der Waals surface area contributed by atoms with Gasteiger partial charge in [-0.05, 0) is 37.1 Å². The van der Waals surface area contributed by atoms with E-state index in [4.69, 9.17) is 21.4 Å². The fraction of sp³-hybridized carbons (Fsp3) is 0.263. The third-order valence-corrected chi connectivity index (χ3v) is 5.67. The minimum atomic E-state index is -0.324. The number of ether oxygens (including phenoxy) is 1. The summed E-state index contributed by atoms with van der Waals surface area (Å²) >= 11 is 6.60. The fourth-order valence-electron chi connectivity index (χ4n) is 3.01. The Kier molecular flexibility index (Phi) is 4.93.